The first-order valence-electron chi connectivity index (χ1n) is 3.64. The van der Waals surface area contributed by atoms with Gasteiger partial charge in [-0.15, -0.1) is 0 Å². The van der Waals surface area contributed by atoms with Crippen LogP contribution in [0.2, 0.25) is 0 Å². The molecule has 1 rings (SSSR count). The van der Waals surface area contributed by atoms with Crippen molar-refractivity contribution < 1.29 is 14.3 Å². The van der Waals surface area contributed by atoms with Crippen LogP contribution >= 0.6 is 0 Å². The third-order valence-electron chi connectivity index (χ3n) is 2.06. The molecule has 2 unspecified atom stereocenters. The highest BCUT2D eigenvalue weighted by atomic mass is 16.8. The van der Waals surface area contributed by atoms with Crippen molar-refractivity contribution in [2.45, 2.75) is 32.0 Å². The Morgan fingerprint density at radius 3 is 2.82 bits per heavy atom. The second kappa shape index (κ2) is 2.57. The molecule has 1 fully saturated rings. The number of carbonyl (C=O) groups excluding carboxylic acids is 1. The van der Waals surface area contributed by atoms with E-state index in [0.717, 1.165) is 6.42 Å². The minimum absolute atomic E-state index is 0.306. The van der Waals surface area contributed by atoms with E-state index in [0.29, 0.717) is 0 Å². The Hall–Kier alpha value is -0.990. The lowest BCUT2D eigenvalue weighted by Gasteiger charge is -2.22. The summed E-state index contributed by atoms with van der Waals surface area (Å²) < 4.78 is 9.81. The summed E-state index contributed by atoms with van der Waals surface area (Å²) in [7, 11) is 0. The molecular formula is C8H12O3. The Kier molecular flexibility index (Phi) is 1.89. The molecule has 0 saturated carbocycles. The third kappa shape index (κ3) is 1.23. The zero-order valence-electron chi connectivity index (χ0n) is 6.79. The summed E-state index contributed by atoms with van der Waals surface area (Å²) in [5, 5.41) is 0. The Bertz CT molecular complexity index is 188. The average Bonchev–Trinajstić information content (AvgIpc) is 2.27. The van der Waals surface area contributed by atoms with Crippen LogP contribution in [0.15, 0.2) is 12.7 Å². The molecule has 0 aliphatic carbocycles. The molecule has 1 heterocycles. The predicted molar refractivity (Wildman–Crippen MR) is 40.2 cm³/mol. The van der Waals surface area contributed by atoms with Crippen molar-refractivity contribution in [3.05, 3.63) is 12.7 Å². The summed E-state index contributed by atoms with van der Waals surface area (Å²) in [5.74, 6) is 0. The van der Waals surface area contributed by atoms with Crippen LogP contribution in [0.5, 0.6) is 0 Å². The van der Waals surface area contributed by atoms with E-state index in [1.807, 2.05) is 13.8 Å². The van der Waals surface area contributed by atoms with Gasteiger partial charge >= 0.3 is 6.16 Å². The first kappa shape index (κ1) is 8.11. The standard InChI is InChI=1S/C8H12O3/c1-4-6-8(3,5-2)11-7(9)10-6/h4,6H,1,5H2,2-3H3. The molecular weight excluding hydrogens is 144 g/mol. The van der Waals surface area contributed by atoms with Gasteiger partial charge in [-0.2, -0.15) is 0 Å². The summed E-state index contributed by atoms with van der Waals surface area (Å²) in [5.41, 5.74) is -0.515. The lowest BCUT2D eigenvalue weighted by atomic mass is 9.96. The molecule has 0 amide bonds. The van der Waals surface area contributed by atoms with Crippen molar-refractivity contribution in [1.29, 1.82) is 0 Å². The summed E-state index contributed by atoms with van der Waals surface area (Å²) in [4.78, 5) is 10.7. The molecule has 3 nitrogen and oxygen atoms in total. The van der Waals surface area contributed by atoms with Crippen LogP contribution in [0.4, 0.5) is 4.79 Å². The van der Waals surface area contributed by atoms with Crippen LogP contribution in [-0.4, -0.2) is 17.9 Å². The Morgan fingerprint density at radius 2 is 2.45 bits per heavy atom. The minimum atomic E-state index is -0.598. The summed E-state index contributed by atoms with van der Waals surface area (Å²) in [6.45, 7) is 7.34. The smallest absolute Gasteiger partial charge is 0.424 e. The molecule has 1 aliphatic heterocycles. The van der Waals surface area contributed by atoms with Crippen LogP contribution in [0.1, 0.15) is 20.3 Å². The first-order chi connectivity index (χ1) is 5.12. The maximum absolute atomic E-state index is 10.7. The van der Waals surface area contributed by atoms with Crippen molar-refractivity contribution >= 4 is 6.16 Å². The first-order valence-corrected chi connectivity index (χ1v) is 3.64. The van der Waals surface area contributed by atoms with E-state index in [1.54, 1.807) is 6.08 Å². The molecule has 0 N–H and O–H groups in total. The average molecular weight is 156 g/mol. The highest BCUT2D eigenvalue weighted by Crippen LogP contribution is 2.30. The Labute approximate surface area is 66.0 Å². The molecule has 62 valence electrons. The maximum Gasteiger partial charge on any atom is 0.509 e. The number of hydrogen-bond donors (Lipinski definition) is 0. The van der Waals surface area contributed by atoms with Gasteiger partial charge in [-0.3, -0.25) is 0 Å². The van der Waals surface area contributed by atoms with Crippen LogP contribution in [0.3, 0.4) is 0 Å². The predicted octanol–water partition coefficient (Wildman–Crippen LogP) is 1.88. The van der Waals surface area contributed by atoms with E-state index in [-0.39, 0.29) is 6.10 Å². The molecule has 0 aromatic heterocycles. The van der Waals surface area contributed by atoms with E-state index in [9.17, 15) is 4.79 Å². The zero-order valence-corrected chi connectivity index (χ0v) is 6.79. The van der Waals surface area contributed by atoms with Gasteiger partial charge in [-0.1, -0.05) is 13.5 Å². The molecule has 0 aromatic carbocycles. The van der Waals surface area contributed by atoms with Crippen molar-refractivity contribution in [2.24, 2.45) is 0 Å². The van der Waals surface area contributed by atoms with Crippen LogP contribution in [-0.2, 0) is 9.47 Å². The van der Waals surface area contributed by atoms with Crippen molar-refractivity contribution in [1.82, 2.24) is 0 Å². The maximum atomic E-state index is 10.7. The fraction of sp³-hybridized carbons (Fsp3) is 0.625. The SMILES string of the molecule is C=CC1OC(=O)OC1(C)CC. The number of hydrogen-bond acceptors (Lipinski definition) is 3. The van der Waals surface area contributed by atoms with Gasteiger partial charge in [0, 0.05) is 0 Å². The van der Waals surface area contributed by atoms with E-state index in [4.69, 9.17) is 9.47 Å². The number of cyclic esters (lactones) is 2. The molecule has 3 heteroatoms. The van der Waals surface area contributed by atoms with E-state index in [2.05, 4.69) is 6.58 Å². The van der Waals surface area contributed by atoms with Gasteiger partial charge in [-0.25, -0.2) is 4.79 Å². The van der Waals surface area contributed by atoms with Crippen molar-refractivity contribution in [3.63, 3.8) is 0 Å². The molecule has 1 aliphatic rings. The van der Waals surface area contributed by atoms with Gasteiger partial charge < -0.3 is 9.47 Å². The van der Waals surface area contributed by atoms with Crippen LogP contribution < -0.4 is 0 Å². The van der Waals surface area contributed by atoms with Crippen molar-refractivity contribution in [3.8, 4) is 0 Å². The van der Waals surface area contributed by atoms with Crippen LogP contribution in [0.25, 0.3) is 0 Å². The van der Waals surface area contributed by atoms with Gasteiger partial charge in [0.2, 0.25) is 0 Å². The third-order valence-corrected chi connectivity index (χ3v) is 2.06. The lowest BCUT2D eigenvalue weighted by Crippen LogP contribution is -2.34. The second-order valence-electron chi connectivity index (χ2n) is 2.79. The minimum Gasteiger partial charge on any atom is -0.424 e. The molecule has 1 saturated heterocycles. The van der Waals surface area contributed by atoms with E-state index >= 15 is 0 Å². The molecule has 0 aromatic rings. The van der Waals surface area contributed by atoms with Gasteiger partial charge in [0.15, 0.2) is 11.7 Å². The lowest BCUT2D eigenvalue weighted by molar-refractivity contribution is 0.0567. The zero-order chi connectivity index (χ0) is 8.48. The number of carbonyl (C=O) groups is 1. The highest BCUT2D eigenvalue weighted by Gasteiger charge is 2.44. The van der Waals surface area contributed by atoms with Gasteiger partial charge in [-0.05, 0) is 19.4 Å². The topological polar surface area (TPSA) is 35.5 Å². The summed E-state index contributed by atoms with van der Waals surface area (Å²) in [6, 6.07) is 0. The Morgan fingerprint density at radius 1 is 1.82 bits per heavy atom. The fourth-order valence-electron chi connectivity index (χ4n) is 1.07. The van der Waals surface area contributed by atoms with Crippen molar-refractivity contribution in [2.75, 3.05) is 0 Å². The molecule has 11 heavy (non-hydrogen) atoms. The fourth-order valence-corrected chi connectivity index (χ4v) is 1.07. The summed E-state index contributed by atoms with van der Waals surface area (Å²) in [6.07, 6.45) is 1.42. The number of ether oxygens (including phenoxy) is 2. The number of rotatable bonds is 2. The van der Waals surface area contributed by atoms with E-state index < -0.39 is 11.8 Å². The van der Waals surface area contributed by atoms with Crippen LogP contribution in [0, 0.1) is 0 Å². The molecule has 0 bridgehead atoms. The van der Waals surface area contributed by atoms with E-state index in [1.165, 1.54) is 0 Å². The highest BCUT2D eigenvalue weighted by molar-refractivity contribution is 5.63. The second-order valence-corrected chi connectivity index (χ2v) is 2.79. The molecule has 0 radical (unpaired) electrons. The summed E-state index contributed by atoms with van der Waals surface area (Å²) >= 11 is 0. The van der Waals surface area contributed by atoms with Gasteiger partial charge in [0.1, 0.15) is 0 Å². The monoisotopic (exact) mass is 156 g/mol. The quantitative estimate of drug-likeness (QED) is 0.452. The molecule has 0 spiro atoms. The largest absolute Gasteiger partial charge is 0.509 e. The van der Waals surface area contributed by atoms with Gasteiger partial charge in [0.05, 0.1) is 0 Å². The Balaban J connectivity index is 2.79. The molecule has 2 atom stereocenters. The van der Waals surface area contributed by atoms with Gasteiger partial charge in [0.25, 0.3) is 0 Å². The normalized spacial score (nSPS) is 36.2.